The van der Waals surface area contributed by atoms with Crippen molar-refractivity contribution in [1.29, 1.82) is 5.26 Å². The van der Waals surface area contributed by atoms with E-state index in [2.05, 4.69) is 0 Å². The van der Waals surface area contributed by atoms with Crippen molar-refractivity contribution < 1.29 is 4.57 Å². The first-order valence-corrected chi connectivity index (χ1v) is 5.54. The van der Waals surface area contributed by atoms with Gasteiger partial charge in [-0.25, -0.2) is 0 Å². The maximum absolute atomic E-state index is 11.2. The lowest BCUT2D eigenvalue weighted by Gasteiger charge is -1.98. The molecule has 2 nitrogen and oxygen atoms in total. The van der Waals surface area contributed by atoms with Gasteiger partial charge in [-0.3, -0.25) is 4.57 Å². The van der Waals surface area contributed by atoms with Crippen molar-refractivity contribution in [1.82, 2.24) is 0 Å². The van der Waals surface area contributed by atoms with Crippen LogP contribution in [0.15, 0.2) is 30.3 Å². The topological polar surface area (TPSA) is 40.9 Å². The highest BCUT2D eigenvalue weighted by atomic mass is 35.7. The van der Waals surface area contributed by atoms with Crippen LogP contribution in [-0.2, 0) is 4.57 Å². The first-order chi connectivity index (χ1) is 5.17. The number of nitriles is 1. The fourth-order valence-corrected chi connectivity index (χ4v) is 1.69. The second-order valence-electron chi connectivity index (χ2n) is 1.97. The molecule has 1 aromatic carbocycles. The number of hydrogen-bond acceptors (Lipinski definition) is 2. The molecule has 0 spiro atoms. The molecule has 0 fully saturated rings. The van der Waals surface area contributed by atoms with Crippen molar-refractivity contribution in [3.05, 3.63) is 30.3 Å². The lowest BCUT2D eigenvalue weighted by molar-refractivity contribution is 0.595. The minimum absolute atomic E-state index is 0.393. The van der Waals surface area contributed by atoms with Gasteiger partial charge in [0.1, 0.15) is 5.81 Å². The number of halogens is 1. The lowest BCUT2D eigenvalue weighted by Crippen LogP contribution is -1.96. The van der Waals surface area contributed by atoms with Gasteiger partial charge in [-0.15, -0.1) is 0 Å². The van der Waals surface area contributed by atoms with Crippen molar-refractivity contribution >= 4 is 23.0 Å². The third-order valence-electron chi connectivity index (χ3n) is 1.22. The summed E-state index contributed by atoms with van der Waals surface area (Å²) in [5.74, 6) is 1.58. The van der Waals surface area contributed by atoms with Crippen LogP contribution in [0.25, 0.3) is 0 Å². The Bertz CT molecular complexity index is 330. The van der Waals surface area contributed by atoms with E-state index >= 15 is 0 Å². The average molecular weight is 186 g/mol. The second-order valence-corrected chi connectivity index (χ2v) is 5.18. The Morgan fingerprint density at radius 2 is 1.91 bits per heavy atom. The van der Waals surface area contributed by atoms with E-state index in [0.717, 1.165) is 0 Å². The highest BCUT2D eigenvalue weighted by Gasteiger charge is 2.19. The molecule has 0 saturated heterocycles. The van der Waals surface area contributed by atoms with Gasteiger partial charge < -0.3 is 0 Å². The van der Waals surface area contributed by atoms with E-state index in [1.54, 1.807) is 36.1 Å². The minimum atomic E-state index is -3.25. The van der Waals surface area contributed by atoms with Crippen LogP contribution in [0.1, 0.15) is 0 Å². The van der Waals surface area contributed by atoms with E-state index in [4.69, 9.17) is 16.5 Å². The molecule has 1 unspecified atom stereocenters. The van der Waals surface area contributed by atoms with Crippen molar-refractivity contribution in [3.8, 4) is 5.81 Å². The Balaban J connectivity index is 3.16. The summed E-state index contributed by atoms with van der Waals surface area (Å²) in [5, 5.41) is 8.80. The normalized spacial score (nSPS) is 14.9. The van der Waals surface area contributed by atoms with Crippen LogP contribution in [0.5, 0.6) is 0 Å². The first-order valence-electron chi connectivity index (χ1n) is 2.93. The van der Waals surface area contributed by atoms with Gasteiger partial charge in [-0.1, -0.05) is 18.2 Å². The van der Waals surface area contributed by atoms with Gasteiger partial charge in [0.15, 0.2) is 0 Å². The maximum Gasteiger partial charge on any atom is 0.291 e. The lowest BCUT2D eigenvalue weighted by atomic mass is 10.4. The molecule has 1 rings (SSSR count). The Morgan fingerprint density at radius 1 is 1.36 bits per heavy atom. The second kappa shape index (κ2) is 3.09. The van der Waals surface area contributed by atoms with Crippen LogP contribution in [0.4, 0.5) is 0 Å². The number of nitrogens with zero attached hydrogens (tertiary/aromatic N) is 1. The molecule has 0 aliphatic carbocycles. The summed E-state index contributed by atoms with van der Waals surface area (Å²) in [4.78, 5) is 0. The van der Waals surface area contributed by atoms with Gasteiger partial charge in [-0.05, 0) is 23.4 Å². The third kappa shape index (κ3) is 1.83. The number of rotatable bonds is 1. The fourth-order valence-electron chi connectivity index (χ4n) is 0.677. The molecule has 0 bridgehead atoms. The van der Waals surface area contributed by atoms with E-state index in [1.165, 1.54) is 0 Å². The van der Waals surface area contributed by atoms with Crippen LogP contribution in [0.3, 0.4) is 0 Å². The Kier molecular flexibility index (Phi) is 2.34. The van der Waals surface area contributed by atoms with Crippen molar-refractivity contribution in [2.75, 3.05) is 0 Å². The fraction of sp³-hybridized carbons (Fsp3) is 0. The number of hydrogen-bond donors (Lipinski definition) is 0. The van der Waals surface area contributed by atoms with Crippen LogP contribution in [-0.4, -0.2) is 0 Å². The standard InChI is InChI=1S/C7H5ClNOP/c8-11(10,6-9)7-4-2-1-3-5-7/h1-5H. The Labute approximate surface area is 69.6 Å². The zero-order chi connectivity index (χ0) is 8.32. The van der Waals surface area contributed by atoms with Crippen LogP contribution < -0.4 is 5.30 Å². The summed E-state index contributed by atoms with van der Waals surface area (Å²) in [6.45, 7) is -3.25. The van der Waals surface area contributed by atoms with E-state index in [1.807, 2.05) is 0 Å². The molecule has 56 valence electrons. The molecule has 0 aliphatic heterocycles. The van der Waals surface area contributed by atoms with Gasteiger partial charge in [0.25, 0.3) is 6.49 Å². The van der Waals surface area contributed by atoms with Gasteiger partial charge >= 0.3 is 0 Å². The zero-order valence-electron chi connectivity index (χ0n) is 5.57. The molecule has 0 aliphatic rings. The van der Waals surface area contributed by atoms with Gasteiger partial charge in [-0.2, -0.15) is 5.26 Å². The molecule has 0 radical (unpaired) electrons. The van der Waals surface area contributed by atoms with Crippen LogP contribution in [0.2, 0.25) is 0 Å². The summed E-state index contributed by atoms with van der Waals surface area (Å²) in [5.41, 5.74) is 0. The van der Waals surface area contributed by atoms with Crippen LogP contribution in [0, 0.1) is 11.1 Å². The highest BCUT2D eigenvalue weighted by molar-refractivity contribution is 7.98. The third-order valence-corrected chi connectivity index (χ3v) is 3.25. The minimum Gasteiger partial charge on any atom is -0.285 e. The Hall–Kier alpha value is -0.770. The molecule has 4 heteroatoms. The van der Waals surface area contributed by atoms with Crippen LogP contribution >= 0.6 is 17.7 Å². The molecule has 1 aromatic rings. The first kappa shape index (κ1) is 8.33. The van der Waals surface area contributed by atoms with Crippen molar-refractivity contribution in [3.63, 3.8) is 0 Å². The largest absolute Gasteiger partial charge is 0.291 e. The molecule has 0 N–H and O–H groups in total. The molecular formula is C7H5ClNOP. The highest BCUT2D eigenvalue weighted by Crippen LogP contribution is 2.48. The van der Waals surface area contributed by atoms with Gasteiger partial charge in [0.05, 0.1) is 0 Å². The molecule has 0 heterocycles. The van der Waals surface area contributed by atoms with E-state index < -0.39 is 6.49 Å². The summed E-state index contributed by atoms with van der Waals surface area (Å²) < 4.78 is 11.2. The smallest absolute Gasteiger partial charge is 0.285 e. The quantitative estimate of drug-likeness (QED) is 0.630. The zero-order valence-corrected chi connectivity index (χ0v) is 7.22. The molecule has 11 heavy (non-hydrogen) atoms. The average Bonchev–Trinajstić information content (AvgIpc) is 2.06. The molecule has 0 amide bonds. The number of benzene rings is 1. The van der Waals surface area contributed by atoms with Crippen molar-refractivity contribution in [2.45, 2.75) is 0 Å². The summed E-state index contributed by atoms with van der Waals surface area (Å²) >= 11 is 5.44. The Morgan fingerprint density at radius 3 is 2.36 bits per heavy atom. The summed E-state index contributed by atoms with van der Waals surface area (Å²) in [6.07, 6.45) is 0. The maximum atomic E-state index is 11.2. The van der Waals surface area contributed by atoms with Crippen molar-refractivity contribution in [2.24, 2.45) is 0 Å². The van der Waals surface area contributed by atoms with E-state index in [-0.39, 0.29) is 0 Å². The van der Waals surface area contributed by atoms with Gasteiger partial charge in [0, 0.05) is 5.30 Å². The predicted octanol–water partition coefficient (Wildman–Crippen LogP) is 2.31. The molecule has 1 atom stereocenters. The predicted molar refractivity (Wildman–Crippen MR) is 45.1 cm³/mol. The summed E-state index contributed by atoms with van der Waals surface area (Å²) in [7, 11) is 0. The molecule has 0 aromatic heterocycles. The monoisotopic (exact) mass is 185 g/mol. The van der Waals surface area contributed by atoms with Gasteiger partial charge in [0.2, 0.25) is 0 Å². The van der Waals surface area contributed by atoms with E-state index in [0.29, 0.717) is 5.30 Å². The van der Waals surface area contributed by atoms with E-state index in [9.17, 15) is 4.57 Å². The SMILES string of the molecule is N#CP(=O)(Cl)c1ccccc1. The molecular weight excluding hydrogens is 181 g/mol. The summed E-state index contributed by atoms with van der Waals surface area (Å²) in [6, 6.07) is 8.33. The molecule has 0 saturated carbocycles.